The Morgan fingerprint density at radius 2 is 0.972 bits per heavy atom. The molecule has 0 aromatic heterocycles. The average Bonchev–Trinajstić information content (AvgIpc) is 2.90. The van der Waals surface area contributed by atoms with Crippen molar-refractivity contribution >= 4 is 36.0 Å². The standard InChI is InChI=1S/C33H32N2Si/c1-36(2,3)31-21-16-25(17-22-31)27-18-23-32(33(34)24-27)26-14-19-30(20-15-26)35(28-10-6-4-7-11-28)29-12-8-5-9-13-29/h4-24H,34H2,1-3H3. The van der Waals surface area contributed by atoms with Gasteiger partial charge in [0, 0.05) is 28.3 Å². The molecule has 2 N–H and O–H groups in total. The summed E-state index contributed by atoms with van der Waals surface area (Å²) in [5, 5.41) is 1.47. The van der Waals surface area contributed by atoms with E-state index in [-0.39, 0.29) is 0 Å². The van der Waals surface area contributed by atoms with E-state index < -0.39 is 8.07 Å². The van der Waals surface area contributed by atoms with E-state index in [1.54, 1.807) is 0 Å². The number of hydrogen-bond acceptors (Lipinski definition) is 2. The average molecular weight is 485 g/mol. The third-order valence-electron chi connectivity index (χ3n) is 6.60. The van der Waals surface area contributed by atoms with Crippen molar-refractivity contribution in [2.45, 2.75) is 19.6 Å². The van der Waals surface area contributed by atoms with Crippen molar-refractivity contribution in [3.63, 3.8) is 0 Å². The molecule has 2 nitrogen and oxygen atoms in total. The molecule has 5 aromatic rings. The Morgan fingerprint density at radius 1 is 0.500 bits per heavy atom. The molecule has 5 aromatic carbocycles. The summed E-state index contributed by atoms with van der Waals surface area (Å²) in [4.78, 5) is 2.26. The SMILES string of the molecule is C[Si](C)(C)c1ccc(-c2ccc(-c3ccc(N(c4ccccc4)c4ccccc4)cc3)c(N)c2)cc1. The first-order valence-corrected chi connectivity index (χ1v) is 15.9. The van der Waals surface area contributed by atoms with E-state index in [9.17, 15) is 0 Å². The number of rotatable bonds is 6. The van der Waals surface area contributed by atoms with E-state index in [4.69, 9.17) is 5.73 Å². The highest BCUT2D eigenvalue weighted by Gasteiger charge is 2.16. The predicted octanol–water partition coefficient (Wildman–Crippen LogP) is 8.62. The largest absolute Gasteiger partial charge is 0.398 e. The smallest absolute Gasteiger partial charge is 0.0775 e. The lowest BCUT2D eigenvalue weighted by atomic mass is 9.98. The van der Waals surface area contributed by atoms with Crippen LogP contribution in [0.4, 0.5) is 22.7 Å². The van der Waals surface area contributed by atoms with Gasteiger partial charge >= 0.3 is 0 Å². The molecule has 3 heteroatoms. The Hall–Kier alpha value is -4.08. The van der Waals surface area contributed by atoms with Crippen LogP contribution in [0.5, 0.6) is 0 Å². The Labute approximate surface area is 215 Å². The number of hydrogen-bond donors (Lipinski definition) is 1. The van der Waals surface area contributed by atoms with Gasteiger partial charge in [-0.1, -0.05) is 110 Å². The minimum absolute atomic E-state index is 0.789. The quantitative estimate of drug-likeness (QED) is 0.193. The molecular weight excluding hydrogens is 452 g/mol. The van der Waals surface area contributed by atoms with Gasteiger partial charge in [0.2, 0.25) is 0 Å². The molecule has 0 aliphatic rings. The van der Waals surface area contributed by atoms with Gasteiger partial charge in [-0.05, 0) is 59.2 Å². The van der Waals surface area contributed by atoms with Crippen molar-refractivity contribution < 1.29 is 0 Å². The minimum atomic E-state index is -1.31. The van der Waals surface area contributed by atoms with E-state index in [0.29, 0.717) is 0 Å². The zero-order valence-electron chi connectivity index (χ0n) is 21.1. The van der Waals surface area contributed by atoms with Gasteiger partial charge in [-0.3, -0.25) is 0 Å². The summed E-state index contributed by atoms with van der Waals surface area (Å²) in [7, 11) is -1.31. The number of nitrogens with zero attached hydrogens (tertiary/aromatic N) is 1. The molecule has 36 heavy (non-hydrogen) atoms. The highest BCUT2D eigenvalue weighted by atomic mass is 28.3. The minimum Gasteiger partial charge on any atom is -0.398 e. The molecular formula is C33H32N2Si. The summed E-state index contributed by atoms with van der Waals surface area (Å²) in [6.45, 7) is 7.12. The second-order valence-corrected chi connectivity index (χ2v) is 15.3. The maximum atomic E-state index is 6.57. The first-order chi connectivity index (χ1) is 17.4. The second-order valence-electron chi connectivity index (χ2n) is 10.2. The summed E-state index contributed by atoms with van der Waals surface area (Å²) in [5.74, 6) is 0. The molecule has 0 bridgehead atoms. The van der Waals surface area contributed by atoms with E-state index in [1.165, 1.54) is 10.8 Å². The topological polar surface area (TPSA) is 29.3 Å². The van der Waals surface area contributed by atoms with E-state index >= 15 is 0 Å². The number of nitrogen functional groups attached to an aromatic ring is 1. The number of para-hydroxylation sites is 2. The Balaban J connectivity index is 1.44. The van der Waals surface area contributed by atoms with Gasteiger partial charge in [0.1, 0.15) is 0 Å². The lowest BCUT2D eigenvalue weighted by Crippen LogP contribution is -2.37. The van der Waals surface area contributed by atoms with Gasteiger partial charge < -0.3 is 10.6 Å². The zero-order chi connectivity index (χ0) is 25.1. The Morgan fingerprint density at radius 3 is 1.47 bits per heavy atom. The van der Waals surface area contributed by atoms with Crippen LogP contribution in [0.25, 0.3) is 22.3 Å². The van der Waals surface area contributed by atoms with Crippen LogP contribution >= 0.6 is 0 Å². The van der Waals surface area contributed by atoms with Crippen LogP contribution in [0.3, 0.4) is 0 Å². The Kier molecular flexibility index (Phi) is 6.49. The fraction of sp³-hybridized carbons (Fsp3) is 0.0909. The third kappa shape index (κ3) is 4.97. The Bertz CT molecular complexity index is 1400. The fourth-order valence-electron chi connectivity index (χ4n) is 4.56. The van der Waals surface area contributed by atoms with Crippen LogP contribution in [0.1, 0.15) is 0 Å². The summed E-state index contributed by atoms with van der Waals surface area (Å²) in [6, 6.07) is 44.9. The molecule has 0 heterocycles. The van der Waals surface area contributed by atoms with E-state index in [2.05, 4.69) is 140 Å². The molecule has 5 rings (SSSR count). The van der Waals surface area contributed by atoms with E-state index in [0.717, 1.165) is 39.4 Å². The van der Waals surface area contributed by atoms with Crippen LogP contribution in [-0.4, -0.2) is 8.07 Å². The van der Waals surface area contributed by atoms with Crippen molar-refractivity contribution in [1.29, 1.82) is 0 Å². The molecule has 0 atom stereocenters. The van der Waals surface area contributed by atoms with Crippen molar-refractivity contribution in [2.24, 2.45) is 0 Å². The summed E-state index contributed by atoms with van der Waals surface area (Å²) >= 11 is 0. The molecule has 0 aliphatic heterocycles. The molecule has 0 saturated heterocycles. The van der Waals surface area contributed by atoms with Crippen LogP contribution in [0.15, 0.2) is 127 Å². The summed E-state index contributed by atoms with van der Waals surface area (Å²) in [5.41, 5.74) is 15.2. The molecule has 0 fully saturated rings. The van der Waals surface area contributed by atoms with Crippen molar-refractivity contribution in [3.8, 4) is 22.3 Å². The normalized spacial score (nSPS) is 11.3. The van der Waals surface area contributed by atoms with Crippen molar-refractivity contribution in [1.82, 2.24) is 0 Å². The highest BCUT2D eigenvalue weighted by Crippen LogP contribution is 2.36. The van der Waals surface area contributed by atoms with Gasteiger partial charge in [0.05, 0.1) is 8.07 Å². The van der Waals surface area contributed by atoms with Gasteiger partial charge in [-0.25, -0.2) is 0 Å². The monoisotopic (exact) mass is 484 g/mol. The summed E-state index contributed by atoms with van der Waals surface area (Å²) < 4.78 is 0. The van der Waals surface area contributed by atoms with Crippen LogP contribution in [-0.2, 0) is 0 Å². The van der Waals surface area contributed by atoms with Crippen LogP contribution < -0.4 is 15.8 Å². The lowest BCUT2D eigenvalue weighted by Gasteiger charge is -2.25. The van der Waals surface area contributed by atoms with Gasteiger partial charge in [-0.15, -0.1) is 0 Å². The third-order valence-corrected chi connectivity index (χ3v) is 8.67. The molecule has 0 unspecified atom stereocenters. The van der Waals surface area contributed by atoms with Gasteiger partial charge in [0.15, 0.2) is 0 Å². The van der Waals surface area contributed by atoms with Gasteiger partial charge in [0.25, 0.3) is 0 Å². The molecule has 0 radical (unpaired) electrons. The summed E-state index contributed by atoms with van der Waals surface area (Å²) in [6.07, 6.45) is 0. The second kappa shape index (κ2) is 9.88. The zero-order valence-corrected chi connectivity index (χ0v) is 22.1. The van der Waals surface area contributed by atoms with Crippen molar-refractivity contribution in [2.75, 3.05) is 10.6 Å². The van der Waals surface area contributed by atoms with E-state index in [1.807, 2.05) is 12.1 Å². The van der Waals surface area contributed by atoms with Crippen molar-refractivity contribution in [3.05, 3.63) is 127 Å². The maximum absolute atomic E-state index is 6.57. The number of anilines is 4. The lowest BCUT2D eigenvalue weighted by molar-refractivity contribution is 1.28. The van der Waals surface area contributed by atoms with Crippen LogP contribution in [0.2, 0.25) is 19.6 Å². The number of nitrogens with two attached hydrogens (primary N) is 1. The predicted molar refractivity (Wildman–Crippen MR) is 159 cm³/mol. The molecule has 0 aliphatic carbocycles. The fourth-order valence-corrected chi connectivity index (χ4v) is 5.73. The molecule has 0 spiro atoms. The molecule has 0 amide bonds. The number of benzene rings is 5. The first kappa shape index (κ1) is 23.6. The first-order valence-electron chi connectivity index (χ1n) is 12.4. The molecule has 0 saturated carbocycles. The van der Waals surface area contributed by atoms with Gasteiger partial charge in [-0.2, -0.15) is 0 Å². The highest BCUT2D eigenvalue weighted by molar-refractivity contribution is 6.88. The van der Waals surface area contributed by atoms with Crippen LogP contribution in [0, 0.1) is 0 Å². The maximum Gasteiger partial charge on any atom is 0.0775 e. The molecule has 178 valence electrons.